The number of benzene rings is 1. The number of halogens is 1. The Balaban J connectivity index is 1.43. The van der Waals surface area contributed by atoms with E-state index in [0.717, 1.165) is 43.7 Å². The smallest absolute Gasteiger partial charge is 0.220 e. The zero-order valence-corrected chi connectivity index (χ0v) is 17.6. The summed E-state index contributed by atoms with van der Waals surface area (Å²) in [5.41, 5.74) is 2.07. The monoisotopic (exact) mass is 409 g/mol. The number of carbonyl (C=O) groups excluding carboxylic acids is 1. The first-order valence-electron chi connectivity index (χ1n) is 11.3. The molecule has 2 aliphatic rings. The van der Waals surface area contributed by atoms with Crippen molar-refractivity contribution in [2.24, 2.45) is 11.8 Å². The molecule has 1 aliphatic heterocycles. The zero-order valence-electron chi connectivity index (χ0n) is 17.6. The number of hydrogen-bond donors (Lipinski definition) is 1. The van der Waals surface area contributed by atoms with E-state index in [1.807, 2.05) is 36.5 Å². The number of amides is 1. The number of carbonyl (C=O) groups is 1. The molecular formula is C25H32FN3O. The first-order valence-corrected chi connectivity index (χ1v) is 11.3. The molecule has 30 heavy (non-hydrogen) atoms. The van der Waals surface area contributed by atoms with Crippen molar-refractivity contribution in [1.82, 2.24) is 15.2 Å². The van der Waals surface area contributed by atoms with Gasteiger partial charge in [-0.25, -0.2) is 4.39 Å². The molecule has 1 aromatic carbocycles. The third-order valence-electron chi connectivity index (χ3n) is 6.60. The molecule has 4 nitrogen and oxygen atoms in total. The molecule has 0 bridgehead atoms. The Hall–Kier alpha value is -2.27. The molecule has 0 spiro atoms. The second-order valence-electron chi connectivity index (χ2n) is 8.92. The molecule has 1 aromatic heterocycles. The van der Waals surface area contributed by atoms with E-state index in [1.54, 1.807) is 0 Å². The van der Waals surface area contributed by atoms with Crippen molar-refractivity contribution in [2.75, 3.05) is 13.1 Å². The van der Waals surface area contributed by atoms with Gasteiger partial charge in [0.2, 0.25) is 5.91 Å². The molecule has 4 rings (SSSR count). The molecule has 0 unspecified atom stereocenters. The lowest BCUT2D eigenvalue weighted by Gasteiger charge is -2.37. The van der Waals surface area contributed by atoms with Crippen molar-refractivity contribution in [3.63, 3.8) is 0 Å². The van der Waals surface area contributed by atoms with E-state index >= 15 is 0 Å². The van der Waals surface area contributed by atoms with Crippen LogP contribution < -0.4 is 5.32 Å². The fraction of sp³-hybridized carbons (Fsp3) is 0.520. The van der Waals surface area contributed by atoms with Crippen LogP contribution in [-0.4, -0.2) is 28.9 Å². The first-order chi connectivity index (χ1) is 14.7. The van der Waals surface area contributed by atoms with E-state index in [1.165, 1.54) is 37.8 Å². The highest BCUT2D eigenvalue weighted by molar-refractivity contribution is 5.76. The molecule has 0 radical (unpaired) electrons. The van der Waals surface area contributed by atoms with Crippen LogP contribution in [0.4, 0.5) is 4.39 Å². The van der Waals surface area contributed by atoms with Crippen LogP contribution >= 0.6 is 0 Å². The molecule has 5 heteroatoms. The highest BCUT2D eigenvalue weighted by Crippen LogP contribution is 2.31. The van der Waals surface area contributed by atoms with E-state index < -0.39 is 0 Å². The summed E-state index contributed by atoms with van der Waals surface area (Å²) >= 11 is 0. The SMILES string of the molecule is O=C(CC1CCCC1)N[C@H](c1ccccn1)[C@@H]1CCCN(Cc2ccc(F)cc2)C1. The van der Waals surface area contributed by atoms with Gasteiger partial charge in [0.05, 0.1) is 11.7 Å². The summed E-state index contributed by atoms with van der Waals surface area (Å²) in [5.74, 6) is 0.820. The number of piperidine rings is 1. The van der Waals surface area contributed by atoms with Crippen LogP contribution in [0.15, 0.2) is 48.7 Å². The van der Waals surface area contributed by atoms with Gasteiger partial charge in [0.15, 0.2) is 0 Å². The fourth-order valence-electron chi connectivity index (χ4n) is 5.06. The molecule has 1 amide bonds. The van der Waals surface area contributed by atoms with Crippen LogP contribution in [0.5, 0.6) is 0 Å². The average Bonchev–Trinajstić information content (AvgIpc) is 3.27. The summed E-state index contributed by atoms with van der Waals surface area (Å²) in [6.45, 7) is 2.74. The quantitative estimate of drug-likeness (QED) is 0.710. The maximum Gasteiger partial charge on any atom is 0.220 e. The summed E-state index contributed by atoms with van der Waals surface area (Å²) in [6.07, 6.45) is 9.47. The fourth-order valence-corrected chi connectivity index (χ4v) is 5.06. The van der Waals surface area contributed by atoms with Gasteiger partial charge in [0.25, 0.3) is 0 Å². The van der Waals surface area contributed by atoms with Gasteiger partial charge in [-0.3, -0.25) is 14.7 Å². The number of hydrogen-bond acceptors (Lipinski definition) is 3. The molecule has 2 aromatic rings. The Morgan fingerprint density at radius 1 is 1.10 bits per heavy atom. The van der Waals surface area contributed by atoms with Crippen molar-refractivity contribution >= 4 is 5.91 Å². The van der Waals surface area contributed by atoms with Gasteiger partial charge in [0, 0.05) is 25.7 Å². The molecular weight excluding hydrogens is 377 g/mol. The Morgan fingerprint density at radius 2 is 1.90 bits per heavy atom. The number of rotatable bonds is 7. The van der Waals surface area contributed by atoms with E-state index in [9.17, 15) is 9.18 Å². The van der Waals surface area contributed by atoms with Crippen molar-refractivity contribution in [2.45, 2.75) is 57.5 Å². The van der Waals surface area contributed by atoms with Crippen molar-refractivity contribution in [3.05, 3.63) is 65.7 Å². The van der Waals surface area contributed by atoms with Gasteiger partial charge < -0.3 is 5.32 Å². The molecule has 160 valence electrons. The summed E-state index contributed by atoms with van der Waals surface area (Å²) in [6, 6.07) is 12.7. The Morgan fingerprint density at radius 3 is 2.63 bits per heavy atom. The lowest BCUT2D eigenvalue weighted by atomic mass is 9.87. The van der Waals surface area contributed by atoms with E-state index in [2.05, 4.69) is 15.2 Å². The van der Waals surface area contributed by atoms with E-state index in [-0.39, 0.29) is 17.8 Å². The highest BCUT2D eigenvalue weighted by Gasteiger charge is 2.31. The maximum absolute atomic E-state index is 13.2. The van der Waals surface area contributed by atoms with Gasteiger partial charge in [-0.1, -0.05) is 31.0 Å². The number of likely N-dealkylation sites (tertiary alicyclic amines) is 1. The van der Waals surface area contributed by atoms with Gasteiger partial charge in [-0.05, 0) is 73.9 Å². The third-order valence-corrected chi connectivity index (χ3v) is 6.60. The second-order valence-corrected chi connectivity index (χ2v) is 8.92. The minimum atomic E-state index is -0.199. The molecule has 1 aliphatic carbocycles. The number of pyridine rings is 1. The number of nitrogens with one attached hydrogen (secondary N) is 1. The predicted octanol–water partition coefficient (Wildman–Crippen LogP) is 4.87. The van der Waals surface area contributed by atoms with Crippen molar-refractivity contribution < 1.29 is 9.18 Å². The summed E-state index contributed by atoms with van der Waals surface area (Å²) < 4.78 is 13.2. The van der Waals surface area contributed by atoms with Gasteiger partial charge in [0.1, 0.15) is 5.82 Å². The van der Waals surface area contributed by atoms with Gasteiger partial charge >= 0.3 is 0 Å². The summed E-state index contributed by atoms with van der Waals surface area (Å²) in [5, 5.41) is 3.34. The molecule has 2 heterocycles. The minimum Gasteiger partial charge on any atom is -0.347 e. The van der Waals surface area contributed by atoms with E-state index in [0.29, 0.717) is 18.3 Å². The zero-order chi connectivity index (χ0) is 20.8. The first kappa shape index (κ1) is 21.0. The number of nitrogens with zero attached hydrogens (tertiary/aromatic N) is 2. The van der Waals surface area contributed by atoms with Crippen LogP contribution in [0.25, 0.3) is 0 Å². The summed E-state index contributed by atoms with van der Waals surface area (Å²) in [4.78, 5) is 19.8. The Bertz CT molecular complexity index is 805. The topological polar surface area (TPSA) is 45.2 Å². The second kappa shape index (κ2) is 10.2. The van der Waals surface area contributed by atoms with Crippen LogP contribution in [0.2, 0.25) is 0 Å². The average molecular weight is 410 g/mol. The summed E-state index contributed by atoms with van der Waals surface area (Å²) in [7, 11) is 0. The number of aromatic nitrogens is 1. The lowest BCUT2D eigenvalue weighted by molar-refractivity contribution is -0.123. The van der Waals surface area contributed by atoms with Crippen molar-refractivity contribution in [3.8, 4) is 0 Å². The normalized spacial score (nSPS) is 21.4. The molecule has 1 saturated heterocycles. The highest BCUT2D eigenvalue weighted by atomic mass is 19.1. The van der Waals surface area contributed by atoms with Crippen LogP contribution in [0.3, 0.4) is 0 Å². The molecule has 1 N–H and O–H groups in total. The predicted molar refractivity (Wildman–Crippen MR) is 116 cm³/mol. The van der Waals surface area contributed by atoms with Crippen LogP contribution in [0.1, 0.15) is 62.2 Å². The molecule has 2 fully saturated rings. The minimum absolute atomic E-state index is 0.0591. The largest absolute Gasteiger partial charge is 0.347 e. The maximum atomic E-state index is 13.2. The van der Waals surface area contributed by atoms with E-state index in [4.69, 9.17) is 0 Å². The Labute approximate surface area is 178 Å². The van der Waals surface area contributed by atoms with Crippen LogP contribution in [0, 0.1) is 17.7 Å². The molecule has 1 saturated carbocycles. The van der Waals surface area contributed by atoms with Gasteiger partial charge in [-0.15, -0.1) is 0 Å². The molecule has 2 atom stereocenters. The standard InChI is InChI=1S/C25H32FN3O/c26-22-12-10-20(11-13-22)17-29-15-5-8-21(18-29)25(23-9-3-4-14-27-23)28-24(30)16-19-6-1-2-7-19/h3-4,9-14,19,21,25H,1-2,5-8,15-18H2,(H,28,30)/t21-,25+/m1/s1. The lowest BCUT2D eigenvalue weighted by Crippen LogP contribution is -2.43. The van der Waals surface area contributed by atoms with Crippen LogP contribution in [-0.2, 0) is 11.3 Å². The third kappa shape index (κ3) is 5.66. The Kier molecular flexibility index (Phi) is 7.11. The van der Waals surface area contributed by atoms with Gasteiger partial charge in [-0.2, -0.15) is 0 Å². The van der Waals surface area contributed by atoms with Crippen molar-refractivity contribution in [1.29, 1.82) is 0 Å².